The van der Waals surface area contributed by atoms with Crippen molar-refractivity contribution in [3.05, 3.63) is 39.2 Å². The second kappa shape index (κ2) is 4.39. The number of hydrogen-bond donors (Lipinski definition) is 1. The Balaban J connectivity index is 2.57. The monoisotopic (exact) mass is 298 g/mol. The normalized spacial score (nSPS) is 10.4. The topological polar surface area (TPSA) is 45.8 Å². The van der Waals surface area contributed by atoms with Crippen LogP contribution in [0.2, 0.25) is 5.02 Å². The van der Waals surface area contributed by atoms with E-state index in [9.17, 15) is 4.79 Å². The summed E-state index contributed by atoms with van der Waals surface area (Å²) in [6, 6.07) is 5.64. The molecule has 0 bridgehead atoms. The molecule has 0 saturated heterocycles. The number of aromatic amines is 1. The van der Waals surface area contributed by atoms with Crippen molar-refractivity contribution in [2.75, 3.05) is 0 Å². The number of aldehydes is 1. The quantitative estimate of drug-likeness (QED) is 0.861. The molecule has 0 amide bonds. The van der Waals surface area contributed by atoms with Crippen LogP contribution in [0.5, 0.6) is 0 Å². The van der Waals surface area contributed by atoms with E-state index in [0.717, 1.165) is 11.1 Å². The molecule has 1 N–H and O–H groups in total. The maximum absolute atomic E-state index is 10.6. The third-order valence-corrected chi connectivity index (χ3v) is 2.90. The van der Waals surface area contributed by atoms with Crippen LogP contribution in [-0.4, -0.2) is 16.3 Å². The van der Waals surface area contributed by atoms with Crippen molar-refractivity contribution in [1.29, 1.82) is 0 Å². The van der Waals surface area contributed by atoms with E-state index in [0.29, 0.717) is 27.4 Å². The molecule has 3 nitrogen and oxygen atoms in total. The lowest BCUT2D eigenvalue weighted by Gasteiger charge is -2.01. The van der Waals surface area contributed by atoms with Crippen molar-refractivity contribution in [2.24, 2.45) is 0 Å². The minimum Gasteiger partial charge on any atom is -0.330 e. The molecule has 16 heavy (non-hydrogen) atoms. The number of imidazole rings is 1. The molecule has 1 aromatic carbocycles. The second-order valence-corrected chi connectivity index (χ2v) is 4.65. The van der Waals surface area contributed by atoms with E-state index >= 15 is 0 Å². The fraction of sp³-hybridized carbons (Fsp3) is 0.0909. The van der Waals surface area contributed by atoms with Crippen LogP contribution in [0.1, 0.15) is 16.2 Å². The van der Waals surface area contributed by atoms with Gasteiger partial charge in [0, 0.05) is 10.6 Å². The molecule has 0 unspecified atom stereocenters. The highest BCUT2D eigenvalue weighted by atomic mass is 79.9. The fourth-order valence-electron chi connectivity index (χ4n) is 1.49. The first-order valence-electron chi connectivity index (χ1n) is 4.58. The van der Waals surface area contributed by atoms with E-state index in [4.69, 9.17) is 11.6 Å². The van der Waals surface area contributed by atoms with Gasteiger partial charge in [-0.1, -0.05) is 11.6 Å². The highest BCUT2D eigenvalue weighted by Crippen LogP contribution is 2.28. The summed E-state index contributed by atoms with van der Waals surface area (Å²) in [7, 11) is 0. The van der Waals surface area contributed by atoms with E-state index in [2.05, 4.69) is 25.9 Å². The molecule has 82 valence electrons. The molecule has 1 aromatic heterocycles. The van der Waals surface area contributed by atoms with Crippen LogP contribution in [0.25, 0.3) is 11.3 Å². The molecule has 0 saturated carbocycles. The highest BCUT2D eigenvalue weighted by molar-refractivity contribution is 9.10. The first-order chi connectivity index (χ1) is 7.60. The first-order valence-corrected chi connectivity index (χ1v) is 5.75. The van der Waals surface area contributed by atoms with Gasteiger partial charge in [0.15, 0.2) is 12.1 Å². The Morgan fingerprint density at radius 1 is 1.44 bits per heavy atom. The first kappa shape index (κ1) is 11.4. The van der Waals surface area contributed by atoms with Gasteiger partial charge in [-0.05, 0) is 46.6 Å². The summed E-state index contributed by atoms with van der Waals surface area (Å²) < 4.78 is 0.677. The smallest absolute Gasteiger partial charge is 0.185 e. The summed E-state index contributed by atoms with van der Waals surface area (Å²) >= 11 is 9.29. The largest absolute Gasteiger partial charge is 0.330 e. The number of nitrogens with one attached hydrogen (secondary N) is 1. The van der Waals surface area contributed by atoms with Gasteiger partial charge < -0.3 is 4.98 Å². The lowest BCUT2D eigenvalue weighted by Crippen LogP contribution is -1.83. The van der Waals surface area contributed by atoms with Gasteiger partial charge in [-0.3, -0.25) is 4.79 Å². The van der Waals surface area contributed by atoms with Crippen LogP contribution < -0.4 is 0 Å². The molecule has 2 rings (SSSR count). The minimum atomic E-state index is 0.291. The molecular formula is C11H8BrClN2O. The number of hydrogen-bond acceptors (Lipinski definition) is 2. The molecule has 2 aromatic rings. The standard InChI is InChI=1S/C11H8BrClN2O/c1-6-2-7(4-8(13)3-6)10-11(12)15-9(5-16)14-10/h2-5H,1H3,(H,14,15). The lowest BCUT2D eigenvalue weighted by atomic mass is 10.1. The summed E-state index contributed by atoms with van der Waals surface area (Å²) in [4.78, 5) is 17.6. The number of aromatic nitrogens is 2. The van der Waals surface area contributed by atoms with Gasteiger partial charge in [0.2, 0.25) is 0 Å². The van der Waals surface area contributed by atoms with Gasteiger partial charge in [-0.2, -0.15) is 0 Å². The third kappa shape index (κ3) is 2.18. The van der Waals surface area contributed by atoms with Crippen molar-refractivity contribution >= 4 is 33.8 Å². The SMILES string of the molecule is Cc1cc(Cl)cc(-c2nc(C=O)[nH]c2Br)c1. The van der Waals surface area contributed by atoms with E-state index < -0.39 is 0 Å². The zero-order valence-corrected chi connectivity index (χ0v) is 10.8. The summed E-state index contributed by atoms with van der Waals surface area (Å²) in [5, 5.41) is 0.651. The molecule has 0 aliphatic rings. The molecule has 0 aliphatic carbocycles. The molecule has 0 radical (unpaired) electrons. The predicted octanol–water partition coefficient (Wildman–Crippen LogP) is 3.61. The van der Waals surface area contributed by atoms with Crippen molar-refractivity contribution in [3.8, 4) is 11.3 Å². The van der Waals surface area contributed by atoms with Gasteiger partial charge >= 0.3 is 0 Å². The van der Waals surface area contributed by atoms with Gasteiger partial charge in [0.25, 0.3) is 0 Å². The van der Waals surface area contributed by atoms with Gasteiger partial charge in [0.1, 0.15) is 10.3 Å². The number of aryl methyl sites for hydroxylation is 1. The van der Waals surface area contributed by atoms with Crippen LogP contribution in [-0.2, 0) is 0 Å². The van der Waals surface area contributed by atoms with Crippen LogP contribution in [0.15, 0.2) is 22.8 Å². The lowest BCUT2D eigenvalue weighted by molar-refractivity contribution is 0.111. The van der Waals surface area contributed by atoms with E-state index in [1.807, 2.05) is 25.1 Å². The average Bonchev–Trinajstić information content (AvgIpc) is 2.58. The Bertz CT molecular complexity index is 531. The fourth-order valence-corrected chi connectivity index (χ4v) is 2.30. The molecular weight excluding hydrogens is 291 g/mol. The van der Waals surface area contributed by atoms with E-state index in [-0.39, 0.29) is 0 Å². The van der Waals surface area contributed by atoms with Crippen LogP contribution in [0.3, 0.4) is 0 Å². The summed E-state index contributed by atoms with van der Waals surface area (Å²) in [6.07, 6.45) is 0.672. The molecule has 0 aliphatic heterocycles. The van der Waals surface area contributed by atoms with Crippen molar-refractivity contribution in [1.82, 2.24) is 9.97 Å². The van der Waals surface area contributed by atoms with Crippen LogP contribution in [0.4, 0.5) is 0 Å². The van der Waals surface area contributed by atoms with Crippen molar-refractivity contribution in [3.63, 3.8) is 0 Å². The van der Waals surface area contributed by atoms with Crippen molar-refractivity contribution < 1.29 is 4.79 Å². The van der Waals surface area contributed by atoms with Gasteiger partial charge in [0.05, 0.1) is 0 Å². The van der Waals surface area contributed by atoms with Crippen LogP contribution in [0, 0.1) is 6.92 Å². The second-order valence-electron chi connectivity index (χ2n) is 3.42. The predicted molar refractivity (Wildman–Crippen MR) is 66.9 cm³/mol. The minimum absolute atomic E-state index is 0.291. The molecule has 0 atom stereocenters. The average molecular weight is 300 g/mol. The Morgan fingerprint density at radius 3 is 2.75 bits per heavy atom. The number of carbonyl (C=O) groups is 1. The molecule has 0 spiro atoms. The number of carbonyl (C=O) groups excluding carboxylic acids is 1. The maximum atomic E-state index is 10.6. The Labute approximate surface area is 106 Å². The van der Waals surface area contributed by atoms with Crippen molar-refractivity contribution in [2.45, 2.75) is 6.92 Å². The number of nitrogens with zero attached hydrogens (tertiary/aromatic N) is 1. The van der Waals surface area contributed by atoms with Gasteiger partial charge in [-0.25, -0.2) is 4.98 Å². The Kier molecular flexibility index (Phi) is 3.12. The van der Waals surface area contributed by atoms with E-state index in [1.165, 1.54) is 0 Å². The number of halogens is 2. The summed E-state index contributed by atoms with van der Waals surface area (Å²) in [5.41, 5.74) is 2.61. The van der Waals surface area contributed by atoms with Crippen LogP contribution >= 0.6 is 27.5 Å². The number of H-pyrrole nitrogens is 1. The number of rotatable bonds is 2. The third-order valence-electron chi connectivity index (χ3n) is 2.11. The zero-order valence-electron chi connectivity index (χ0n) is 8.42. The molecule has 0 fully saturated rings. The zero-order chi connectivity index (χ0) is 11.7. The Hall–Kier alpha value is -1.13. The molecule has 1 heterocycles. The van der Waals surface area contributed by atoms with Gasteiger partial charge in [-0.15, -0.1) is 0 Å². The number of benzene rings is 1. The van der Waals surface area contributed by atoms with E-state index in [1.54, 1.807) is 0 Å². The highest BCUT2D eigenvalue weighted by Gasteiger charge is 2.10. The molecule has 5 heteroatoms. The summed E-state index contributed by atoms with van der Waals surface area (Å²) in [5.74, 6) is 0.291. The Morgan fingerprint density at radius 2 is 2.19 bits per heavy atom. The maximum Gasteiger partial charge on any atom is 0.185 e. The summed E-state index contributed by atoms with van der Waals surface area (Å²) in [6.45, 7) is 1.95.